The molecule has 0 radical (unpaired) electrons. The topological polar surface area (TPSA) is 54.7 Å². The minimum absolute atomic E-state index is 0.110. The van der Waals surface area contributed by atoms with Crippen LogP contribution in [0.15, 0.2) is 47.7 Å². The summed E-state index contributed by atoms with van der Waals surface area (Å²) in [7, 11) is 1.98. The Morgan fingerprint density at radius 2 is 1.69 bits per heavy atom. The fraction of sp³-hybridized carbons (Fsp3) is 0.381. The van der Waals surface area contributed by atoms with Crippen LogP contribution < -0.4 is 0 Å². The van der Waals surface area contributed by atoms with E-state index in [1.54, 1.807) is 6.21 Å². The Bertz CT molecular complexity index is 997. The molecule has 1 aromatic heterocycles. The molecular weight excluding hydrogens is 326 g/mol. The van der Waals surface area contributed by atoms with Gasteiger partial charge < -0.3 is 4.57 Å². The van der Waals surface area contributed by atoms with Crippen LogP contribution in [0.4, 0.5) is 0 Å². The van der Waals surface area contributed by atoms with Crippen LogP contribution in [0, 0.1) is 35.5 Å². The van der Waals surface area contributed by atoms with Gasteiger partial charge in [0.05, 0.1) is 18.1 Å². The summed E-state index contributed by atoms with van der Waals surface area (Å²) in [6, 6.07) is 8.05. The number of carbonyl (C=O) groups excluding carboxylic acids is 2. The Morgan fingerprint density at radius 3 is 2.38 bits per heavy atom. The van der Waals surface area contributed by atoms with E-state index < -0.39 is 0 Å². The number of amides is 2. The van der Waals surface area contributed by atoms with Crippen LogP contribution >= 0.6 is 0 Å². The number of carbonyl (C=O) groups is 2. The van der Waals surface area contributed by atoms with Gasteiger partial charge in [-0.2, -0.15) is 10.1 Å². The molecule has 6 atom stereocenters. The number of aryl methyl sites for hydroxylation is 1. The first-order chi connectivity index (χ1) is 12.6. The molecule has 130 valence electrons. The molecule has 26 heavy (non-hydrogen) atoms. The largest absolute Gasteiger partial charge is 0.350 e. The van der Waals surface area contributed by atoms with Crippen molar-refractivity contribution in [2.75, 3.05) is 0 Å². The van der Waals surface area contributed by atoms with Gasteiger partial charge in [0, 0.05) is 29.7 Å². The maximum atomic E-state index is 12.9. The summed E-state index contributed by atoms with van der Waals surface area (Å²) in [5, 5.41) is 6.56. The van der Waals surface area contributed by atoms with Crippen molar-refractivity contribution in [2.45, 2.75) is 6.42 Å². The van der Waals surface area contributed by atoms with Gasteiger partial charge in [-0.05, 0) is 36.2 Å². The second-order valence-corrected chi connectivity index (χ2v) is 8.10. The average molecular weight is 345 g/mol. The Hall–Kier alpha value is -2.69. The number of allylic oxidation sites excluding steroid dienone is 2. The molecule has 1 aromatic carbocycles. The predicted octanol–water partition coefficient (Wildman–Crippen LogP) is 2.57. The molecule has 5 aliphatic rings. The number of hydrogen-bond donors (Lipinski definition) is 0. The molecule has 5 heteroatoms. The van der Waals surface area contributed by atoms with Gasteiger partial charge in [-0.3, -0.25) is 9.59 Å². The quantitative estimate of drug-likeness (QED) is 0.477. The summed E-state index contributed by atoms with van der Waals surface area (Å²) in [4.78, 5) is 25.9. The van der Waals surface area contributed by atoms with Crippen LogP contribution in [0.5, 0.6) is 0 Å². The SMILES string of the molecule is Cn1cc(C=NN2C(=O)[C@@H]3[C@H]4C=C[C@@H]([C@@H]5C[C@H]45)[C@@H]3C2=O)c2ccccc21. The molecule has 7 rings (SSSR count). The van der Waals surface area contributed by atoms with Crippen LogP contribution in [0.25, 0.3) is 10.9 Å². The summed E-state index contributed by atoms with van der Waals surface area (Å²) in [6.07, 6.45) is 9.18. The molecule has 2 saturated carbocycles. The van der Waals surface area contributed by atoms with Gasteiger partial charge in [-0.25, -0.2) is 0 Å². The van der Waals surface area contributed by atoms with E-state index in [0.717, 1.165) is 21.5 Å². The van der Waals surface area contributed by atoms with E-state index in [1.807, 2.05) is 42.1 Å². The highest BCUT2D eigenvalue weighted by atomic mass is 16.2. The number of benzene rings is 1. The van der Waals surface area contributed by atoms with Crippen molar-refractivity contribution in [2.24, 2.45) is 47.7 Å². The van der Waals surface area contributed by atoms with E-state index in [9.17, 15) is 9.59 Å². The zero-order valence-electron chi connectivity index (χ0n) is 14.4. The summed E-state index contributed by atoms with van der Waals surface area (Å²) in [5.74, 6) is 1.11. The number of rotatable bonds is 2. The molecule has 1 aliphatic heterocycles. The fourth-order valence-electron chi connectivity index (χ4n) is 5.65. The number of aromatic nitrogens is 1. The molecule has 0 N–H and O–H groups in total. The zero-order chi connectivity index (χ0) is 17.6. The summed E-state index contributed by atoms with van der Waals surface area (Å²) in [5.41, 5.74) is 2.02. The molecule has 0 spiro atoms. The van der Waals surface area contributed by atoms with E-state index >= 15 is 0 Å². The van der Waals surface area contributed by atoms with Crippen LogP contribution in [-0.4, -0.2) is 27.6 Å². The lowest BCUT2D eigenvalue weighted by Gasteiger charge is -2.37. The highest BCUT2D eigenvalue weighted by Gasteiger charge is 2.67. The molecule has 2 amide bonds. The minimum Gasteiger partial charge on any atom is -0.350 e. The van der Waals surface area contributed by atoms with Crippen LogP contribution in [0.2, 0.25) is 0 Å². The average Bonchev–Trinajstić information content (AvgIpc) is 3.37. The van der Waals surface area contributed by atoms with Crippen molar-refractivity contribution in [3.8, 4) is 0 Å². The van der Waals surface area contributed by atoms with Crippen molar-refractivity contribution in [3.05, 3.63) is 48.2 Å². The number of hydrazone groups is 1. The smallest absolute Gasteiger partial charge is 0.254 e. The van der Waals surface area contributed by atoms with Gasteiger partial charge in [-0.1, -0.05) is 30.4 Å². The molecule has 3 fully saturated rings. The van der Waals surface area contributed by atoms with Gasteiger partial charge in [0.2, 0.25) is 0 Å². The third kappa shape index (κ3) is 1.68. The highest BCUT2D eigenvalue weighted by Crippen LogP contribution is 2.65. The second kappa shape index (κ2) is 4.72. The van der Waals surface area contributed by atoms with E-state index in [1.165, 1.54) is 6.42 Å². The second-order valence-electron chi connectivity index (χ2n) is 8.10. The molecule has 2 aromatic rings. The fourth-order valence-corrected chi connectivity index (χ4v) is 5.65. The summed E-state index contributed by atoms with van der Waals surface area (Å²) >= 11 is 0. The Kier molecular flexibility index (Phi) is 2.63. The zero-order valence-corrected chi connectivity index (χ0v) is 14.4. The van der Waals surface area contributed by atoms with E-state index in [-0.39, 0.29) is 35.5 Å². The van der Waals surface area contributed by atoms with Gasteiger partial charge in [0.25, 0.3) is 11.8 Å². The number of hydrogen-bond acceptors (Lipinski definition) is 3. The van der Waals surface area contributed by atoms with Crippen molar-refractivity contribution < 1.29 is 9.59 Å². The first-order valence-corrected chi connectivity index (χ1v) is 9.29. The lowest BCUT2D eigenvalue weighted by molar-refractivity contribution is -0.140. The van der Waals surface area contributed by atoms with Gasteiger partial charge in [0.15, 0.2) is 0 Å². The maximum Gasteiger partial charge on any atom is 0.254 e. The molecule has 2 heterocycles. The van der Waals surface area contributed by atoms with Crippen LogP contribution in [-0.2, 0) is 16.6 Å². The number of para-hydroxylation sites is 1. The monoisotopic (exact) mass is 345 g/mol. The Balaban J connectivity index is 1.36. The molecule has 1 saturated heterocycles. The summed E-state index contributed by atoms with van der Waals surface area (Å²) in [6.45, 7) is 0. The van der Waals surface area contributed by atoms with E-state index in [0.29, 0.717) is 11.8 Å². The standard InChI is InChI=1S/C21H19N3O2/c1-23-10-11(12-4-2-3-5-17(12)23)9-22-24-20(25)18-13-6-7-14(16-8-15(13)16)19(18)21(24)26/h2-7,9-10,13-16,18-19H,8H2,1H3/t13-,14-,15-,16+,18-,19+/m0/s1. The van der Waals surface area contributed by atoms with E-state index in [2.05, 4.69) is 17.3 Å². The van der Waals surface area contributed by atoms with Gasteiger partial charge in [0.1, 0.15) is 0 Å². The first-order valence-electron chi connectivity index (χ1n) is 9.29. The Labute approximate surface area is 151 Å². The molecule has 0 unspecified atom stereocenters. The minimum atomic E-state index is -0.189. The summed E-state index contributed by atoms with van der Waals surface area (Å²) < 4.78 is 2.03. The lowest BCUT2D eigenvalue weighted by Crippen LogP contribution is -2.40. The molecule has 2 bridgehead atoms. The molecule has 4 aliphatic carbocycles. The lowest BCUT2D eigenvalue weighted by atomic mass is 9.63. The third-order valence-corrected chi connectivity index (χ3v) is 6.88. The van der Waals surface area contributed by atoms with Crippen molar-refractivity contribution in [3.63, 3.8) is 0 Å². The Morgan fingerprint density at radius 1 is 1.04 bits per heavy atom. The van der Waals surface area contributed by atoms with Crippen molar-refractivity contribution in [1.29, 1.82) is 0 Å². The number of nitrogens with zero attached hydrogens (tertiary/aromatic N) is 3. The first kappa shape index (κ1) is 14.5. The highest BCUT2D eigenvalue weighted by molar-refractivity contribution is 6.07. The predicted molar refractivity (Wildman–Crippen MR) is 97.1 cm³/mol. The van der Waals surface area contributed by atoms with Gasteiger partial charge >= 0.3 is 0 Å². The van der Waals surface area contributed by atoms with Gasteiger partial charge in [-0.15, -0.1) is 0 Å². The molecular formula is C21H19N3O2. The normalized spacial score (nSPS) is 37.0. The third-order valence-electron chi connectivity index (χ3n) is 6.88. The molecule has 5 nitrogen and oxygen atoms in total. The number of fused-ring (bicyclic) bond motifs is 1. The van der Waals surface area contributed by atoms with Crippen LogP contribution in [0.3, 0.4) is 0 Å². The van der Waals surface area contributed by atoms with E-state index in [4.69, 9.17) is 0 Å². The number of imide groups is 1. The van der Waals surface area contributed by atoms with Crippen LogP contribution in [0.1, 0.15) is 12.0 Å². The maximum absolute atomic E-state index is 12.9. The van der Waals surface area contributed by atoms with Crippen molar-refractivity contribution in [1.82, 2.24) is 9.58 Å². The van der Waals surface area contributed by atoms with Crippen molar-refractivity contribution >= 4 is 28.9 Å².